The van der Waals surface area contributed by atoms with Gasteiger partial charge >= 0.3 is 6.36 Å². The summed E-state index contributed by atoms with van der Waals surface area (Å²) >= 11 is 6.98. The van der Waals surface area contributed by atoms with Crippen LogP contribution in [0.25, 0.3) is 0 Å². The molecule has 0 unspecified atom stereocenters. The molecule has 0 atom stereocenters. The van der Waals surface area contributed by atoms with Crippen molar-refractivity contribution < 1.29 is 17.9 Å². The van der Waals surface area contributed by atoms with Crippen molar-refractivity contribution in [3.8, 4) is 5.75 Å². The van der Waals surface area contributed by atoms with Crippen LogP contribution in [0.3, 0.4) is 0 Å². The summed E-state index contributed by atoms with van der Waals surface area (Å²) in [6, 6.07) is 4.32. The molecule has 0 heterocycles. The molecule has 0 bridgehead atoms. The van der Waals surface area contributed by atoms with Crippen molar-refractivity contribution in [2.75, 3.05) is 0 Å². The molecule has 0 saturated carbocycles. The smallest absolute Gasteiger partial charge is 0.405 e. The average Bonchev–Trinajstić information content (AvgIpc) is 2.06. The molecule has 1 nitrogen and oxygen atoms in total. The first-order valence-electron chi connectivity index (χ1n) is 3.57. The van der Waals surface area contributed by atoms with E-state index in [9.17, 15) is 13.2 Å². The summed E-state index contributed by atoms with van der Waals surface area (Å²) < 4.78 is 39.6. The highest BCUT2D eigenvalue weighted by Gasteiger charge is 2.31. The predicted molar refractivity (Wildman–Crippen MR) is 53.5 cm³/mol. The van der Waals surface area contributed by atoms with E-state index < -0.39 is 6.36 Å². The Hall–Kier alpha value is -0.360. The van der Waals surface area contributed by atoms with E-state index in [2.05, 4.69) is 33.3 Å². The van der Waals surface area contributed by atoms with Gasteiger partial charge in [-0.05, 0) is 33.6 Å². The van der Waals surface area contributed by atoms with Crippen LogP contribution in [0.1, 0.15) is 5.56 Å². The highest BCUT2D eigenvalue weighted by atomic mass is 79.9. The number of ether oxygens (including phenoxy) is 1. The molecule has 1 aromatic rings. The maximum Gasteiger partial charge on any atom is 0.573 e. The second kappa shape index (κ2) is 4.44. The third-order valence-electron chi connectivity index (χ3n) is 1.40. The van der Waals surface area contributed by atoms with Gasteiger partial charge in [-0.1, -0.05) is 6.07 Å². The minimum atomic E-state index is -4.66. The summed E-state index contributed by atoms with van der Waals surface area (Å²) in [5.74, 6) is 0.216. The Labute approximate surface area is 92.8 Å². The molecule has 0 spiro atoms. The topological polar surface area (TPSA) is 9.23 Å². The predicted octanol–water partition coefficient (Wildman–Crippen LogP) is 3.78. The molecule has 1 aromatic carbocycles. The zero-order valence-corrected chi connectivity index (χ0v) is 9.29. The van der Waals surface area contributed by atoms with E-state index >= 15 is 0 Å². The monoisotopic (exact) mass is 286 g/mol. The average molecular weight is 287 g/mol. The summed E-state index contributed by atoms with van der Waals surface area (Å²) in [6.45, 7) is 0. The van der Waals surface area contributed by atoms with Crippen molar-refractivity contribution in [3.05, 3.63) is 28.2 Å². The van der Waals surface area contributed by atoms with Crippen LogP contribution in [-0.2, 0) is 5.75 Å². The number of benzene rings is 1. The lowest BCUT2D eigenvalue weighted by atomic mass is 10.2. The first-order valence-corrected chi connectivity index (χ1v) is 5.00. The summed E-state index contributed by atoms with van der Waals surface area (Å²) in [7, 11) is 0. The van der Waals surface area contributed by atoms with E-state index in [-0.39, 0.29) is 10.2 Å². The molecule has 78 valence electrons. The molecule has 1 rings (SSSR count). The summed E-state index contributed by atoms with van der Waals surface area (Å²) in [6.07, 6.45) is -4.66. The first-order chi connectivity index (χ1) is 6.42. The highest BCUT2D eigenvalue weighted by molar-refractivity contribution is 9.10. The van der Waals surface area contributed by atoms with Gasteiger partial charge in [-0.15, -0.1) is 13.2 Å². The minimum absolute atomic E-state index is 0.247. The van der Waals surface area contributed by atoms with Crippen molar-refractivity contribution in [2.45, 2.75) is 12.1 Å². The van der Waals surface area contributed by atoms with Gasteiger partial charge in [0.05, 0.1) is 4.47 Å². The largest absolute Gasteiger partial charge is 0.573 e. The number of thiol groups is 1. The van der Waals surface area contributed by atoms with Crippen molar-refractivity contribution >= 4 is 28.6 Å². The lowest BCUT2D eigenvalue weighted by Crippen LogP contribution is -2.17. The fourth-order valence-corrected chi connectivity index (χ4v) is 1.55. The van der Waals surface area contributed by atoms with E-state index in [1.165, 1.54) is 18.2 Å². The zero-order chi connectivity index (χ0) is 10.8. The molecular weight excluding hydrogens is 281 g/mol. The molecule has 6 heteroatoms. The Morgan fingerprint density at radius 3 is 2.43 bits per heavy atom. The maximum atomic E-state index is 11.8. The van der Waals surface area contributed by atoms with Gasteiger partial charge in [-0.2, -0.15) is 12.6 Å². The van der Waals surface area contributed by atoms with Gasteiger partial charge in [-0.3, -0.25) is 0 Å². The number of alkyl halides is 3. The Morgan fingerprint density at radius 2 is 2.00 bits per heavy atom. The fourth-order valence-electron chi connectivity index (χ4n) is 0.850. The SMILES string of the molecule is FC(F)(F)Oc1ccc(CS)cc1Br. The molecule has 0 amide bonds. The third kappa shape index (κ3) is 3.42. The van der Waals surface area contributed by atoms with Gasteiger partial charge in [0.1, 0.15) is 5.75 Å². The van der Waals surface area contributed by atoms with Crippen molar-refractivity contribution in [1.29, 1.82) is 0 Å². The summed E-state index contributed by atoms with van der Waals surface area (Å²) in [5.41, 5.74) is 0.815. The Balaban J connectivity index is 2.89. The van der Waals surface area contributed by atoms with Crippen LogP contribution in [0.2, 0.25) is 0 Å². The van der Waals surface area contributed by atoms with Crippen LogP contribution >= 0.6 is 28.6 Å². The summed E-state index contributed by atoms with van der Waals surface area (Å²) in [5, 5.41) is 0. The van der Waals surface area contributed by atoms with Gasteiger partial charge in [0.25, 0.3) is 0 Å². The molecule has 0 aliphatic heterocycles. The maximum absolute atomic E-state index is 11.8. The third-order valence-corrected chi connectivity index (χ3v) is 2.39. The van der Waals surface area contributed by atoms with Crippen LogP contribution in [0.4, 0.5) is 13.2 Å². The van der Waals surface area contributed by atoms with Gasteiger partial charge in [-0.25, -0.2) is 0 Å². The summed E-state index contributed by atoms with van der Waals surface area (Å²) in [4.78, 5) is 0. The lowest BCUT2D eigenvalue weighted by Gasteiger charge is -2.10. The van der Waals surface area contributed by atoms with Crippen molar-refractivity contribution in [1.82, 2.24) is 0 Å². The molecule has 0 fully saturated rings. The molecule has 0 aliphatic rings. The Morgan fingerprint density at radius 1 is 1.36 bits per heavy atom. The van der Waals surface area contributed by atoms with E-state index in [0.29, 0.717) is 5.75 Å². The number of halogens is 4. The van der Waals surface area contributed by atoms with Gasteiger partial charge < -0.3 is 4.74 Å². The van der Waals surface area contributed by atoms with Gasteiger partial charge in [0.2, 0.25) is 0 Å². The molecular formula is C8H6BrF3OS. The molecule has 0 N–H and O–H groups in total. The molecule has 0 aromatic heterocycles. The van der Waals surface area contributed by atoms with Crippen molar-refractivity contribution in [2.24, 2.45) is 0 Å². The standard InChI is InChI=1S/C8H6BrF3OS/c9-6-3-5(4-14)1-2-7(6)13-8(10,11)12/h1-3,14H,4H2. The van der Waals surface area contributed by atoms with Gasteiger partial charge in [0.15, 0.2) is 0 Å². The lowest BCUT2D eigenvalue weighted by molar-refractivity contribution is -0.274. The zero-order valence-electron chi connectivity index (χ0n) is 6.81. The molecule has 0 radical (unpaired) electrons. The number of hydrogen-bond acceptors (Lipinski definition) is 2. The van der Waals surface area contributed by atoms with Crippen molar-refractivity contribution in [3.63, 3.8) is 0 Å². The normalized spacial score (nSPS) is 11.5. The minimum Gasteiger partial charge on any atom is -0.405 e. The van der Waals surface area contributed by atoms with Crippen LogP contribution in [0.15, 0.2) is 22.7 Å². The van der Waals surface area contributed by atoms with E-state index in [1.807, 2.05) is 0 Å². The molecule has 14 heavy (non-hydrogen) atoms. The highest BCUT2D eigenvalue weighted by Crippen LogP contribution is 2.31. The number of rotatable bonds is 2. The first kappa shape index (κ1) is 11.7. The van der Waals surface area contributed by atoms with Crippen LogP contribution in [0, 0.1) is 0 Å². The Kier molecular flexibility index (Phi) is 3.71. The van der Waals surface area contributed by atoms with Crippen LogP contribution < -0.4 is 4.74 Å². The second-order valence-corrected chi connectivity index (χ2v) is 3.64. The van der Waals surface area contributed by atoms with Crippen LogP contribution in [0.5, 0.6) is 5.75 Å². The quantitative estimate of drug-likeness (QED) is 0.814. The van der Waals surface area contributed by atoms with E-state index in [0.717, 1.165) is 5.56 Å². The molecule has 0 aliphatic carbocycles. The fraction of sp³-hybridized carbons (Fsp3) is 0.250. The van der Waals surface area contributed by atoms with E-state index in [4.69, 9.17) is 0 Å². The molecule has 0 saturated heterocycles. The van der Waals surface area contributed by atoms with Crippen LogP contribution in [-0.4, -0.2) is 6.36 Å². The number of hydrogen-bond donors (Lipinski definition) is 1. The van der Waals surface area contributed by atoms with E-state index in [1.54, 1.807) is 0 Å². The second-order valence-electron chi connectivity index (χ2n) is 2.47. The van der Waals surface area contributed by atoms with Gasteiger partial charge in [0, 0.05) is 5.75 Å². The Bertz CT molecular complexity index is 327.